The normalized spacial score (nSPS) is 10.8. The topological polar surface area (TPSA) is 69.2 Å². The molecule has 0 atom stereocenters. The van der Waals surface area contributed by atoms with Crippen molar-refractivity contribution in [1.29, 1.82) is 0 Å². The molecule has 0 heterocycles. The van der Waals surface area contributed by atoms with Gasteiger partial charge in [-0.15, -0.1) is 0 Å². The Bertz CT molecular complexity index is 1100. The van der Waals surface area contributed by atoms with Gasteiger partial charge in [0.1, 0.15) is 12.4 Å². The second kappa shape index (κ2) is 12.1. The number of benzene rings is 3. The van der Waals surface area contributed by atoms with E-state index >= 15 is 0 Å². The zero-order chi connectivity index (χ0) is 23.6. The number of carbonyl (C=O) groups excluding carboxylic acids is 1. The number of carbonyl (C=O) groups is 1. The van der Waals surface area contributed by atoms with Crippen LogP contribution < -0.4 is 19.6 Å². The molecule has 0 aliphatic rings. The van der Waals surface area contributed by atoms with Gasteiger partial charge < -0.3 is 14.2 Å². The fourth-order valence-corrected chi connectivity index (χ4v) is 3.30. The highest BCUT2D eigenvalue weighted by Gasteiger charge is 2.13. The average molecular weight is 487 g/mol. The van der Waals surface area contributed by atoms with Crippen LogP contribution in [0.1, 0.15) is 35.3 Å². The van der Waals surface area contributed by atoms with Crippen molar-refractivity contribution in [3.05, 3.63) is 87.4 Å². The fourth-order valence-electron chi connectivity index (χ4n) is 2.90. The van der Waals surface area contributed by atoms with Gasteiger partial charge in [-0.25, -0.2) is 5.43 Å². The lowest BCUT2D eigenvalue weighted by molar-refractivity contribution is 0.0955. The van der Waals surface area contributed by atoms with Gasteiger partial charge in [0, 0.05) is 10.6 Å². The largest absolute Gasteiger partial charge is 0.494 e. The van der Waals surface area contributed by atoms with E-state index in [0.29, 0.717) is 58.2 Å². The first kappa shape index (κ1) is 24.4. The minimum Gasteiger partial charge on any atom is -0.494 e. The summed E-state index contributed by atoms with van der Waals surface area (Å²) in [5.74, 6) is 1.28. The van der Waals surface area contributed by atoms with Crippen molar-refractivity contribution < 1.29 is 19.0 Å². The smallest absolute Gasteiger partial charge is 0.271 e. The van der Waals surface area contributed by atoms with Crippen molar-refractivity contribution in [3.8, 4) is 17.2 Å². The first-order valence-corrected chi connectivity index (χ1v) is 11.2. The minimum absolute atomic E-state index is 0.308. The zero-order valence-corrected chi connectivity index (χ0v) is 19.8. The summed E-state index contributed by atoms with van der Waals surface area (Å²) in [5.41, 5.74) is 4.56. The maximum absolute atomic E-state index is 12.3. The lowest BCUT2D eigenvalue weighted by Crippen LogP contribution is -2.17. The van der Waals surface area contributed by atoms with Gasteiger partial charge in [0.05, 0.1) is 24.5 Å². The molecule has 3 aromatic carbocycles. The van der Waals surface area contributed by atoms with Crippen molar-refractivity contribution in [3.63, 3.8) is 0 Å². The molecule has 0 spiro atoms. The third-order valence-electron chi connectivity index (χ3n) is 4.44. The summed E-state index contributed by atoms with van der Waals surface area (Å²) in [7, 11) is 0. The molecule has 33 heavy (non-hydrogen) atoms. The molecule has 0 saturated heterocycles. The van der Waals surface area contributed by atoms with E-state index in [1.54, 1.807) is 48.5 Å². The molecule has 3 aromatic rings. The van der Waals surface area contributed by atoms with Crippen LogP contribution >= 0.6 is 23.2 Å². The maximum Gasteiger partial charge on any atom is 0.271 e. The number of nitrogens with one attached hydrogen (secondary N) is 1. The summed E-state index contributed by atoms with van der Waals surface area (Å²) in [4.78, 5) is 12.3. The monoisotopic (exact) mass is 486 g/mol. The number of hydrazone groups is 1. The van der Waals surface area contributed by atoms with E-state index in [1.165, 1.54) is 6.21 Å². The second-order valence-corrected chi connectivity index (χ2v) is 7.68. The number of rotatable bonds is 10. The van der Waals surface area contributed by atoms with E-state index in [0.717, 1.165) is 5.56 Å². The lowest BCUT2D eigenvalue weighted by atomic mass is 10.2. The molecule has 8 heteroatoms. The SMILES string of the molecule is CCOc1ccc(C(=O)N/N=C\c2cc(Cl)c(OCc3ccc(Cl)cc3)c(OCC)c2)cc1. The highest BCUT2D eigenvalue weighted by atomic mass is 35.5. The van der Waals surface area contributed by atoms with Gasteiger partial charge in [0.15, 0.2) is 11.5 Å². The van der Waals surface area contributed by atoms with Crippen LogP contribution in [0.2, 0.25) is 10.0 Å². The Labute approximate surface area is 203 Å². The van der Waals surface area contributed by atoms with Crippen molar-refractivity contribution >= 4 is 35.3 Å². The third kappa shape index (κ3) is 7.14. The summed E-state index contributed by atoms with van der Waals surface area (Å²) < 4.78 is 17.0. The minimum atomic E-state index is -0.339. The van der Waals surface area contributed by atoms with Crippen molar-refractivity contribution in [1.82, 2.24) is 5.43 Å². The molecule has 0 aliphatic carbocycles. The number of nitrogens with zero attached hydrogens (tertiary/aromatic N) is 1. The Morgan fingerprint density at radius 1 is 0.939 bits per heavy atom. The third-order valence-corrected chi connectivity index (χ3v) is 4.97. The van der Waals surface area contributed by atoms with Gasteiger partial charge in [0.2, 0.25) is 0 Å². The Morgan fingerprint density at radius 3 is 2.30 bits per heavy atom. The molecule has 0 fully saturated rings. The molecule has 0 radical (unpaired) electrons. The first-order chi connectivity index (χ1) is 16.0. The predicted octanol–water partition coefficient (Wildman–Crippen LogP) is 6.13. The van der Waals surface area contributed by atoms with Crippen LogP contribution in [0.4, 0.5) is 0 Å². The Kier molecular flexibility index (Phi) is 8.98. The summed E-state index contributed by atoms with van der Waals surface area (Å²) in [5, 5.41) is 5.05. The standard InChI is InChI=1S/C25H24Cl2N2O4/c1-3-31-21-11-7-19(8-12-21)25(30)29-28-15-18-13-22(27)24(23(14-18)32-4-2)33-16-17-5-9-20(26)10-6-17/h5-15H,3-4,16H2,1-2H3,(H,29,30)/b28-15-. The zero-order valence-electron chi connectivity index (χ0n) is 18.3. The van der Waals surface area contributed by atoms with Gasteiger partial charge in [-0.3, -0.25) is 4.79 Å². The molecule has 0 aromatic heterocycles. The summed E-state index contributed by atoms with van der Waals surface area (Å²) in [6, 6.07) is 17.6. The Hall–Kier alpha value is -3.22. The number of hydrogen-bond donors (Lipinski definition) is 1. The Balaban J connectivity index is 1.67. The van der Waals surface area contributed by atoms with Crippen LogP contribution in [0.15, 0.2) is 65.8 Å². The van der Waals surface area contributed by atoms with Crippen molar-refractivity contribution in [2.24, 2.45) is 5.10 Å². The number of amides is 1. The predicted molar refractivity (Wildman–Crippen MR) is 131 cm³/mol. The molecule has 0 aliphatic heterocycles. The first-order valence-electron chi connectivity index (χ1n) is 10.4. The van der Waals surface area contributed by atoms with E-state index in [1.807, 2.05) is 26.0 Å². The van der Waals surface area contributed by atoms with E-state index in [-0.39, 0.29) is 5.91 Å². The van der Waals surface area contributed by atoms with Crippen LogP contribution in [0.5, 0.6) is 17.2 Å². The molecular weight excluding hydrogens is 463 g/mol. The number of hydrogen-bond acceptors (Lipinski definition) is 5. The van der Waals surface area contributed by atoms with Crippen LogP contribution in [0.3, 0.4) is 0 Å². The molecular formula is C25H24Cl2N2O4. The molecule has 1 N–H and O–H groups in total. The average Bonchev–Trinajstić information content (AvgIpc) is 2.80. The highest BCUT2D eigenvalue weighted by molar-refractivity contribution is 6.32. The molecule has 0 unspecified atom stereocenters. The van der Waals surface area contributed by atoms with Crippen LogP contribution in [-0.2, 0) is 6.61 Å². The summed E-state index contributed by atoms with van der Waals surface area (Å²) in [6.45, 7) is 5.07. The number of ether oxygens (including phenoxy) is 3. The molecule has 172 valence electrons. The second-order valence-electron chi connectivity index (χ2n) is 6.83. The number of halogens is 2. The lowest BCUT2D eigenvalue weighted by Gasteiger charge is -2.14. The molecule has 0 saturated carbocycles. The molecule has 0 bridgehead atoms. The quantitative estimate of drug-likeness (QED) is 0.276. The van der Waals surface area contributed by atoms with Gasteiger partial charge in [0.25, 0.3) is 5.91 Å². The van der Waals surface area contributed by atoms with Gasteiger partial charge in [-0.2, -0.15) is 5.10 Å². The summed E-state index contributed by atoms with van der Waals surface area (Å²) in [6.07, 6.45) is 1.49. The van der Waals surface area contributed by atoms with Gasteiger partial charge in [-0.05, 0) is 73.5 Å². The summed E-state index contributed by atoms with van der Waals surface area (Å²) >= 11 is 12.4. The molecule has 1 amide bonds. The highest BCUT2D eigenvalue weighted by Crippen LogP contribution is 2.37. The van der Waals surface area contributed by atoms with Crippen LogP contribution in [0, 0.1) is 0 Å². The van der Waals surface area contributed by atoms with E-state index in [2.05, 4.69) is 10.5 Å². The van der Waals surface area contributed by atoms with Gasteiger partial charge in [-0.1, -0.05) is 35.3 Å². The van der Waals surface area contributed by atoms with E-state index in [4.69, 9.17) is 37.4 Å². The Morgan fingerprint density at radius 2 is 1.64 bits per heavy atom. The van der Waals surface area contributed by atoms with Gasteiger partial charge >= 0.3 is 0 Å². The van der Waals surface area contributed by atoms with E-state index in [9.17, 15) is 4.79 Å². The van der Waals surface area contributed by atoms with Crippen molar-refractivity contribution in [2.45, 2.75) is 20.5 Å². The van der Waals surface area contributed by atoms with E-state index < -0.39 is 0 Å². The molecule has 3 rings (SSSR count). The van der Waals surface area contributed by atoms with Crippen molar-refractivity contribution in [2.75, 3.05) is 13.2 Å². The van der Waals surface area contributed by atoms with Crippen LogP contribution in [-0.4, -0.2) is 25.3 Å². The fraction of sp³-hybridized carbons (Fsp3) is 0.200. The maximum atomic E-state index is 12.3. The van der Waals surface area contributed by atoms with Crippen LogP contribution in [0.25, 0.3) is 0 Å². The molecule has 6 nitrogen and oxygen atoms in total.